The van der Waals surface area contributed by atoms with E-state index in [9.17, 15) is 5.11 Å². The summed E-state index contributed by atoms with van der Waals surface area (Å²) in [6, 6.07) is 4.94. The fraction of sp³-hybridized carbons (Fsp3) is 0.200. The molecule has 1 aromatic rings. The minimum Gasteiger partial charge on any atom is -0.505 e. The Labute approximate surface area is 77.7 Å². The summed E-state index contributed by atoms with van der Waals surface area (Å²) >= 11 is 0. The number of aromatic hydroxyl groups is 1. The number of hydrogen-bond donors (Lipinski definition) is 3. The molecule has 13 heavy (non-hydrogen) atoms. The lowest BCUT2D eigenvalue weighted by Crippen LogP contribution is -2.09. The fourth-order valence-corrected chi connectivity index (χ4v) is 1.19. The number of nitrogen functional groups attached to an aromatic ring is 1. The third-order valence-electron chi connectivity index (χ3n) is 1.92. The molecule has 0 fully saturated rings. The Bertz CT molecular complexity index is 310. The van der Waals surface area contributed by atoms with Crippen molar-refractivity contribution in [1.29, 1.82) is 0 Å². The summed E-state index contributed by atoms with van der Waals surface area (Å²) in [6.07, 6.45) is 2.34. The Morgan fingerprint density at radius 2 is 2.23 bits per heavy atom. The highest BCUT2D eigenvalue weighted by Crippen LogP contribution is 2.29. The van der Waals surface area contributed by atoms with Gasteiger partial charge in [0.1, 0.15) is 5.75 Å². The second-order valence-corrected chi connectivity index (χ2v) is 2.92. The van der Waals surface area contributed by atoms with Crippen LogP contribution < -0.4 is 11.5 Å². The minimum absolute atomic E-state index is 0.0804. The number of benzene rings is 1. The number of nitrogens with two attached hydrogens (primary N) is 2. The molecule has 0 heterocycles. The van der Waals surface area contributed by atoms with Crippen LogP contribution in [0.5, 0.6) is 5.75 Å². The van der Waals surface area contributed by atoms with E-state index in [1.54, 1.807) is 24.3 Å². The molecule has 0 saturated heterocycles. The van der Waals surface area contributed by atoms with E-state index in [0.717, 1.165) is 0 Å². The van der Waals surface area contributed by atoms with E-state index >= 15 is 0 Å². The lowest BCUT2D eigenvalue weighted by Gasteiger charge is -2.12. The Hall–Kier alpha value is -1.48. The molecule has 0 amide bonds. The zero-order valence-electron chi connectivity index (χ0n) is 7.40. The smallest absolute Gasteiger partial charge is 0.143 e. The summed E-state index contributed by atoms with van der Waals surface area (Å²) in [5.74, 6) is 0.0804. The Morgan fingerprint density at radius 3 is 2.85 bits per heavy atom. The maximum Gasteiger partial charge on any atom is 0.143 e. The highest BCUT2D eigenvalue weighted by Gasteiger charge is 2.10. The van der Waals surface area contributed by atoms with Crippen molar-refractivity contribution in [3.63, 3.8) is 0 Å². The zero-order chi connectivity index (χ0) is 9.84. The van der Waals surface area contributed by atoms with E-state index in [1.807, 2.05) is 0 Å². The number of anilines is 1. The van der Waals surface area contributed by atoms with Crippen molar-refractivity contribution in [3.8, 4) is 5.75 Å². The third kappa shape index (κ3) is 2.00. The van der Waals surface area contributed by atoms with Gasteiger partial charge in [-0.05, 0) is 12.5 Å². The van der Waals surface area contributed by atoms with Crippen molar-refractivity contribution in [2.75, 3.05) is 5.73 Å². The van der Waals surface area contributed by atoms with Crippen molar-refractivity contribution in [3.05, 3.63) is 36.4 Å². The van der Waals surface area contributed by atoms with Crippen molar-refractivity contribution in [2.24, 2.45) is 5.73 Å². The van der Waals surface area contributed by atoms with Gasteiger partial charge < -0.3 is 16.6 Å². The van der Waals surface area contributed by atoms with Crippen LogP contribution in [0.3, 0.4) is 0 Å². The quantitative estimate of drug-likeness (QED) is 0.373. The van der Waals surface area contributed by atoms with E-state index in [4.69, 9.17) is 11.5 Å². The van der Waals surface area contributed by atoms with Crippen LogP contribution in [0, 0.1) is 0 Å². The zero-order valence-corrected chi connectivity index (χ0v) is 7.40. The Kier molecular flexibility index (Phi) is 2.93. The molecule has 0 spiro atoms. The Balaban J connectivity index is 3.00. The van der Waals surface area contributed by atoms with E-state index in [2.05, 4.69) is 6.58 Å². The molecule has 3 heteroatoms. The van der Waals surface area contributed by atoms with Crippen LogP contribution in [-0.4, -0.2) is 5.11 Å². The molecule has 1 rings (SSSR count). The van der Waals surface area contributed by atoms with Crippen molar-refractivity contribution < 1.29 is 5.11 Å². The van der Waals surface area contributed by atoms with Gasteiger partial charge in [-0.15, -0.1) is 6.58 Å². The second-order valence-electron chi connectivity index (χ2n) is 2.92. The fourth-order valence-electron chi connectivity index (χ4n) is 1.19. The number of phenols is 1. The topological polar surface area (TPSA) is 72.3 Å². The van der Waals surface area contributed by atoms with Crippen LogP contribution in [0.2, 0.25) is 0 Å². The average Bonchev–Trinajstić information content (AvgIpc) is 2.10. The standard InChI is InChI=1S/C10H14N2O/c1-2-4-8(11)7-5-3-6-9(12)10(7)13/h2-3,5-6,8,13H,1,4,11-12H2/t8-/m1/s1. The first kappa shape index (κ1) is 9.61. The van der Waals surface area contributed by atoms with Crippen molar-refractivity contribution >= 4 is 5.69 Å². The highest BCUT2D eigenvalue weighted by atomic mass is 16.3. The molecule has 5 N–H and O–H groups in total. The van der Waals surface area contributed by atoms with Gasteiger partial charge in [0, 0.05) is 11.6 Å². The maximum atomic E-state index is 9.56. The first-order valence-corrected chi connectivity index (χ1v) is 4.10. The summed E-state index contributed by atoms with van der Waals surface area (Å²) in [5, 5.41) is 9.56. The van der Waals surface area contributed by atoms with Gasteiger partial charge in [-0.1, -0.05) is 18.2 Å². The largest absolute Gasteiger partial charge is 0.505 e. The molecule has 3 nitrogen and oxygen atoms in total. The lowest BCUT2D eigenvalue weighted by molar-refractivity contribution is 0.464. The van der Waals surface area contributed by atoms with Gasteiger partial charge in [0.05, 0.1) is 5.69 Å². The molecule has 0 aliphatic carbocycles. The normalized spacial score (nSPS) is 12.4. The number of hydrogen-bond acceptors (Lipinski definition) is 3. The van der Waals surface area contributed by atoms with Gasteiger partial charge in [-0.3, -0.25) is 0 Å². The average molecular weight is 178 g/mol. The van der Waals surface area contributed by atoms with E-state index < -0.39 is 0 Å². The molecule has 1 aromatic carbocycles. The molecule has 0 bridgehead atoms. The van der Waals surface area contributed by atoms with Crippen LogP contribution in [-0.2, 0) is 0 Å². The molecule has 0 aromatic heterocycles. The number of para-hydroxylation sites is 1. The molecular weight excluding hydrogens is 164 g/mol. The molecule has 0 radical (unpaired) electrons. The predicted molar refractivity (Wildman–Crippen MR) is 54.3 cm³/mol. The van der Waals surface area contributed by atoms with Gasteiger partial charge >= 0.3 is 0 Å². The van der Waals surface area contributed by atoms with E-state index in [-0.39, 0.29) is 11.8 Å². The van der Waals surface area contributed by atoms with Crippen molar-refractivity contribution in [1.82, 2.24) is 0 Å². The van der Waals surface area contributed by atoms with Gasteiger partial charge in [-0.25, -0.2) is 0 Å². The molecule has 0 aliphatic rings. The van der Waals surface area contributed by atoms with Crippen LogP contribution in [0.25, 0.3) is 0 Å². The van der Waals surface area contributed by atoms with Crippen LogP contribution in [0.1, 0.15) is 18.0 Å². The highest BCUT2D eigenvalue weighted by molar-refractivity contribution is 5.56. The first-order valence-electron chi connectivity index (χ1n) is 4.10. The van der Waals surface area contributed by atoms with E-state index in [1.165, 1.54) is 0 Å². The van der Waals surface area contributed by atoms with Gasteiger partial charge in [-0.2, -0.15) is 0 Å². The van der Waals surface area contributed by atoms with Gasteiger partial charge in [0.25, 0.3) is 0 Å². The van der Waals surface area contributed by atoms with Crippen LogP contribution in [0.15, 0.2) is 30.9 Å². The Morgan fingerprint density at radius 1 is 1.54 bits per heavy atom. The number of rotatable bonds is 3. The monoisotopic (exact) mass is 178 g/mol. The molecule has 1 atom stereocenters. The lowest BCUT2D eigenvalue weighted by atomic mass is 10.0. The van der Waals surface area contributed by atoms with Crippen LogP contribution >= 0.6 is 0 Å². The SMILES string of the molecule is C=CC[C@@H](N)c1cccc(N)c1O. The van der Waals surface area contributed by atoms with Crippen molar-refractivity contribution in [2.45, 2.75) is 12.5 Å². The van der Waals surface area contributed by atoms with Gasteiger partial charge in [0.15, 0.2) is 0 Å². The number of phenolic OH excluding ortho intramolecular Hbond substituents is 1. The summed E-state index contributed by atoms with van der Waals surface area (Å²) in [6.45, 7) is 3.59. The molecule has 70 valence electrons. The first-order chi connectivity index (χ1) is 6.16. The van der Waals surface area contributed by atoms with Crippen LogP contribution in [0.4, 0.5) is 5.69 Å². The maximum absolute atomic E-state index is 9.56. The van der Waals surface area contributed by atoms with E-state index in [0.29, 0.717) is 17.7 Å². The molecule has 0 aliphatic heterocycles. The van der Waals surface area contributed by atoms with Gasteiger partial charge in [0.2, 0.25) is 0 Å². The third-order valence-corrected chi connectivity index (χ3v) is 1.92. The molecule has 0 unspecified atom stereocenters. The molecule has 0 saturated carbocycles. The second kappa shape index (κ2) is 3.96. The molecular formula is C10H14N2O. The summed E-state index contributed by atoms with van der Waals surface area (Å²) < 4.78 is 0. The summed E-state index contributed by atoms with van der Waals surface area (Å²) in [7, 11) is 0. The minimum atomic E-state index is -0.235. The summed E-state index contributed by atoms with van der Waals surface area (Å²) in [4.78, 5) is 0. The summed E-state index contributed by atoms with van der Waals surface area (Å²) in [5.41, 5.74) is 12.3. The predicted octanol–water partition coefficient (Wildman–Crippen LogP) is 1.55.